The molecule has 0 spiro atoms. The van der Waals surface area contributed by atoms with Gasteiger partial charge in [0, 0.05) is 6.61 Å². The van der Waals surface area contributed by atoms with Gasteiger partial charge in [-0.15, -0.1) is 0 Å². The third kappa shape index (κ3) is 2.24. The van der Waals surface area contributed by atoms with Crippen LogP contribution in [0.5, 0.6) is 0 Å². The molecule has 2 atom stereocenters. The Hall–Kier alpha value is -1.82. The van der Waals surface area contributed by atoms with Crippen molar-refractivity contribution >= 4 is 17.3 Å². The van der Waals surface area contributed by atoms with Crippen LogP contribution >= 0.6 is 0 Å². The van der Waals surface area contributed by atoms with Crippen molar-refractivity contribution in [1.29, 1.82) is 0 Å². The molecule has 0 saturated carbocycles. The van der Waals surface area contributed by atoms with Crippen LogP contribution in [0.3, 0.4) is 0 Å². The average Bonchev–Trinajstić information content (AvgIpc) is 2.69. The monoisotopic (exact) mass is 254 g/mol. The van der Waals surface area contributed by atoms with Crippen molar-refractivity contribution < 1.29 is 19.0 Å². The molecule has 1 aliphatic rings. The number of nitrogens with two attached hydrogens (primary N) is 1. The molecule has 0 radical (unpaired) electrons. The fourth-order valence-corrected chi connectivity index (χ4v) is 2.07. The van der Waals surface area contributed by atoms with Crippen molar-refractivity contribution in [3.8, 4) is 0 Å². The fraction of sp³-hybridized carbons (Fsp3) is 0.417. The fourth-order valence-electron chi connectivity index (χ4n) is 2.07. The molecule has 4 N–H and O–H groups in total. The van der Waals surface area contributed by atoms with E-state index in [2.05, 4.69) is 5.32 Å². The third-order valence-corrected chi connectivity index (χ3v) is 3.12. The van der Waals surface area contributed by atoms with E-state index in [0.717, 1.165) is 12.5 Å². The van der Waals surface area contributed by atoms with Crippen molar-refractivity contribution in [1.82, 2.24) is 0 Å². The summed E-state index contributed by atoms with van der Waals surface area (Å²) in [7, 11) is 0. The van der Waals surface area contributed by atoms with Crippen molar-refractivity contribution in [3.63, 3.8) is 0 Å². The van der Waals surface area contributed by atoms with Gasteiger partial charge in [-0.25, -0.2) is 9.18 Å². The largest absolute Gasteiger partial charge is 0.478 e. The van der Waals surface area contributed by atoms with Gasteiger partial charge in [-0.05, 0) is 25.5 Å². The van der Waals surface area contributed by atoms with E-state index in [0.29, 0.717) is 12.3 Å². The van der Waals surface area contributed by atoms with Crippen LogP contribution in [0.4, 0.5) is 15.8 Å². The summed E-state index contributed by atoms with van der Waals surface area (Å²) in [5, 5.41) is 12.1. The van der Waals surface area contributed by atoms with Gasteiger partial charge >= 0.3 is 5.97 Å². The SMILES string of the molecule is CC1OCCC1Nc1ccc(F)c(N)c1C(=O)O. The van der Waals surface area contributed by atoms with Gasteiger partial charge in [0.2, 0.25) is 0 Å². The molecule has 1 saturated heterocycles. The van der Waals surface area contributed by atoms with E-state index in [9.17, 15) is 9.18 Å². The van der Waals surface area contributed by atoms with E-state index >= 15 is 0 Å². The van der Waals surface area contributed by atoms with E-state index < -0.39 is 11.8 Å². The number of hydrogen-bond donors (Lipinski definition) is 3. The Kier molecular flexibility index (Phi) is 3.38. The predicted octanol–water partition coefficient (Wildman–Crippen LogP) is 1.70. The number of nitrogen functional groups attached to an aromatic ring is 1. The first-order valence-electron chi connectivity index (χ1n) is 5.70. The maximum Gasteiger partial charge on any atom is 0.340 e. The van der Waals surface area contributed by atoms with Gasteiger partial charge in [-0.2, -0.15) is 0 Å². The highest BCUT2D eigenvalue weighted by atomic mass is 19.1. The molecule has 2 rings (SSSR count). The molecular weight excluding hydrogens is 239 g/mol. The smallest absolute Gasteiger partial charge is 0.340 e. The molecule has 98 valence electrons. The number of carboxylic acids is 1. The van der Waals surface area contributed by atoms with Crippen LogP contribution in [0.1, 0.15) is 23.7 Å². The summed E-state index contributed by atoms with van der Waals surface area (Å²) in [6, 6.07) is 2.55. The lowest BCUT2D eigenvalue weighted by atomic mass is 10.1. The van der Waals surface area contributed by atoms with Gasteiger partial charge < -0.3 is 20.9 Å². The van der Waals surface area contributed by atoms with Gasteiger partial charge in [0.1, 0.15) is 11.4 Å². The summed E-state index contributed by atoms with van der Waals surface area (Å²) >= 11 is 0. The highest BCUT2D eigenvalue weighted by Crippen LogP contribution is 2.27. The molecule has 1 aromatic carbocycles. The molecule has 0 aliphatic carbocycles. The highest BCUT2D eigenvalue weighted by Gasteiger charge is 2.26. The topological polar surface area (TPSA) is 84.6 Å². The second kappa shape index (κ2) is 4.81. The number of hydrogen-bond acceptors (Lipinski definition) is 4. The van der Waals surface area contributed by atoms with Crippen LogP contribution in [0, 0.1) is 5.82 Å². The van der Waals surface area contributed by atoms with Crippen LogP contribution in [0.15, 0.2) is 12.1 Å². The molecule has 0 bridgehead atoms. The van der Waals surface area contributed by atoms with E-state index in [1.54, 1.807) is 0 Å². The zero-order valence-corrected chi connectivity index (χ0v) is 9.94. The number of halogens is 1. The van der Waals surface area contributed by atoms with Gasteiger partial charge in [0.25, 0.3) is 0 Å². The van der Waals surface area contributed by atoms with Gasteiger partial charge in [-0.3, -0.25) is 0 Å². The molecule has 5 nitrogen and oxygen atoms in total. The zero-order chi connectivity index (χ0) is 13.3. The summed E-state index contributed by atoms with van der Waals surface area (Å²) in [5.74, 6) is -1.98. The lowest BCUT2D eigenvalue weighted by Gasteiger charge is -2.19. The molecule has 1 heterocycles. The van der Waals surface area contributed by atoms with Crippen molar-refractivity contribution in [2.24, 2.45) is 0 Å². The van der Waals surface area contributed by atoms with E-state index in [4.69, 9.17) is 15.6 Å². The summed E-state index contributed by atoms with van der Waals surface area (Å²) in [5.41, 5.74) is 5.21. The van der Waals surface area contributed by atoms with E-state index in [-0.39, 0.29) is 23.4 Å². The summed E-state index contributed by atoms with van der Waals surface area (Å²) in [6.07, 6.45) is 0.759. The van der Waals surface area contributed by atoms with Crippen molar-refractivity contribution in [3.05, 3.63) is 23.5 Å². The van der Waals surface area contributed by atoms with Crippen molar-refractivity contribution in [2.45, 2.75) is 25.5 Å². The maximum atomic E-state index is 13.3. The van der Waals surface area contributed by atoms with Crippen LogP contribution in [-0.2, 0) is 4.74 Å². The number of benzene rings is 1. The minimum atomic E-state index is -1.25. The first kappa shape index (κ1) is 12.6. The Balaban J connectivity index is 2.32. The van der Waals surface area contributed by atoms with E-state index in [1.165, 1.54) is 6.07 Å². The lowest BCUT2D eigenvalue weighted by molar-refractivity contribution is 0.0698. The van der Waals surface area contributed by atoms with Crippen LogP contribution < -0.4 is 11.1 Å². The molecule has 2 unspecified atom stereocenters. The first-order chi connectivity index (χ1) is 8.50. The molecule has 0 amide bonds. The second-order valence-corrected chi connectivity index (χ2v) is 4.30. The summed E-state index contributed by atoms with van der Waals surface area (Å²) < 4.78 is 18.6. The second-order valence-electron chi connectivity index (χ2n) is 4.30. The number of nitrogens with one attached hydrogen (secondary N) is 1. The molecule has 1 aliphatic heterocycles. The normalized spacial score (nSPS) is 23.0. The van der Waals surface area contributed by atoms with Crippen LogP contribution in [-0.4, -0.2) is 29.8 Å². The molecular formula is C12H15FN2O3. The maximum absolute atomic E-state index is 13.3. The van der Waals surface area contributed by atoms with E-state index in [1.807, 2.05) is 6.92 Å². The zero-order valence-electron chi connectivity index (χ0n) is 9.94. The lowest BCUT2D eigenvalue weighted by Crippen LogP contribution is -2.28. The number of anilines is 2. The summed E-state index contributed by atoms with van der Waals surface area (Å²) in [4.78, 5) is 11.1. The molecule has 1 fully saturated rings. The number of aromatic carboxylic acids is 1. The number of carbonyl (C=O) groups is 1. The van der Waals surface area contributed by atoms with Crippen molar-refractivity contribution in [2.75, 3.05) is 17.7 Å². The minimum absolute atomic E-state index is 0.00737. The Bertz CT molecular complexity index is 479. The third-order valence-electron chi connectivity index (χ3n) is 3.12. The predicted molar refractivity (Wildman–Crippen MR) is 65.2 cm³/mol. The highest BCUT2D eigenvalue weighted by molar-refractivity contribution is 6.00. The van der Waals surface area contributed by atoms with Gasteiger partial charge in [0.05, 0.1) is 23.5 Å². The Labute approximate surface area is 104 Å². The Morgan fingerprint density at radius 1 is 1.61 bits per heavy atom. The quantitative estimate of drug-likeness (QED) is 0.715. The van der Waals surface area contributed by atoms with Crippen LogP contribution in [0.25, 0.3) is 0 Å². The number of rotatable bonds is 3. The molecule has 6 heteroatoms. The molecule has 18 heavy (non-hydrogen) atoms. The Morgan fingerprint density at radius 2 is 2.33 bits per heavy atom. The van der Waals surface area contributed by atoms with Gasteiger partial charge in [0.15, 0.2) is 0 Å². The first-order valence-corrected chi connectivity index (χ1v) is 5.70. The standard InChI is InChI=1S/C12H15FN2O3/c1-6-8(4-5-18-6)15-9-3-2-7(13)11(14)10(9)12(16)17/h2-3,6,8,15H,4-5,14H2,1H3,(H,16,17). The minimum Gasteiger partial charge on any atom is -0.478 e. The molecule has 0 aromatic heterocycles. The van der Waals surface area contributed by atoms with Gasteiger partial charge in [-0.1, -0.05) is 0 Å². The molecule has 1 aromatic rings. The average molecular weight is 254 g/mol. The number of ether oxygens (including phenoxy) is 1. The van der Waals surface area contributed by atoms with Crippen LogP contribution in [0.2, 0.25) is 0 Å². The summed E-state index contributed by atoms with van der Waals surface area (Å²) in [6.45, 7) is 2.52. The Morgan fingerprint density at radius 3 is 2.89 bits per heavy atom. The number of carboxylic acid groups (broad SMARTS) is 1.